The minimum absolute atomic E-state index is 0.0859. The quantitative estimate of drug-likeness (QED) is 0.373. The Bertz CT molecular complexity index is 1510. The number of aryl methyl sites for hydroxylation is 1. The maximum atomic E-state index is 14.0. The van der Waals surface area contributed by atoms with Crippen LogP contribution in [0.25, 0.3) is 22.3 Å². The fraction of sp³-hybridized carbons (Fsp3) is 0.440. The van der Waals surface area contributed by atoms with Gasteiger partial charge in [-0.1, -0.05) is 0 Å². The molecule has 0 aliphatic heterocycles. The third-order valence-electron chi connectivity index (χ3n) is 4.93. The lowest BCUT2D eigenvalue weighted by Gasteiger charge is -2.24. The molecule has 13 heteroatoms. The fourth-order valence-electron chi connectivity index (χ4n) is 3.45. The Morgan fingerprint density at radius 1 is 1.00 bits per heavy atom. The molecule has 0 saturated heterocycles. The summed E-state index contributed by atoms with van der Waals surface area (Å²) in [4.78, 5) is 23.1. The van der Waals surface area contributed by atoms with Crippen LogP contribution < -0.4 is 19.6 Å². The van der Waals surface area contributed by atoms with Crippen molar-refractivity contribution < 1.29 is 23.0 Å². The molecule has 202 valence electrons. The summed E-state index contributed by atoms with van der Waals surface area (Å²) in [7, 11) is 1.58. The maximum Gasteiger partial charge on any atom is 0.320 e. The molecule has 0 aromatic carbocycles. The van der Waals surface area contributed by atoms with Crippen molar-refractivity contribution in [2.75, 3.05) is 0 Å². The second-order valence-electron chi connectivity index (χ2n) is 10.5. The molecule has 1 N–H and O–H groups in total. The number of nitrogens with one attached hydrogen (secondary N) is 1. The van der Waals surface area contributed by atoms with Gasteiger partial charge in [-0.25, -0.2) is 18.4 Å². The van der Waals surface area contributed by atoms with Crippen molar-refractivity contribution in [1.29, 1.82) is 0 Å². The molecule has 0 unspecified atom stereocenters. The molecular weight excluding hydrogens is 500 g/mol. The largest absolute Gasteiger partial charge is 0.471 e. The summed E-state index contributed by atoms with van der Waals surface area (Å²) in [6, 6.07) is 3.99. The van der Waals surface area contributed by atoms with E-state index >= 15 is 0 Å². The number of H-pyrrole nitrogens is 1. The van der Waals surface area contributed by atoms with Gasteiger partial charge in [-0.15, -0.1) is 15.3 Å². The van der Waals surface area contributed by atoms with E-state index < -0.39 is 29.2 Å². The lowest BCUT2D eigenvalue weighted by Crippen LogP contribution is -2.26. The second kappa shape index (κ2) is 9.95. The Labute approximate surface area is 217 Å². The number of hydrogen-bond donors (Lipinski definition) is 1. The van der Waals surface area contributed by atoms with E-state index in [4.69, 9.17) is 14.2 Å². The van der Waals surface area contributed by atoms with Crippen LogP contribution in [0.2, 0.25) is 0 Å². The first-order valence-corrected chi connectivity index (χ1v) is 11.8. The molecule has 4 rings (SSSR count). The summed E-state index contributed by atoms with van der Waals surface area (Å²) < 4.78 is 46.8. The van der Waals surface area contributed by atoms with Gasteiger partial charge < -0.3 is 19.2 Å². The van der Waals surface area contributed by atoms with E-state index in [-0.39, 0.29) is 23.5 Å². The first kappa shape index (κ1) is 26.9. The standard InChI is InChI=1S/C25H29F2N7O4/c1-24(2,3)37-21-15(12-29-23(30-21)38-25(4,5)6)16-11-14-20(32-31-16)34(7)33-22(14)36-18(19(26)27)17-10-13(35)8-9-28-17/h8-12,18-19H,1-7H3,(H,28,35)/t18-/m1/s1. The predicted octanol–water partition coefficient (Wildman–Crippen LogP) is 4.25. The molecule has 0 aliphatic rings. The van der Waals surface area contributed by atoms with E-state index in [1.165, 1.54) is 23.1 Å². The molecule has 11 nitrogen and oxygen atoms in total. The molecule has 4 heterocycles. The number of aromatic nitrogens is 7. The Morgan fingerprint density at radius 2 is 1.71 bits per heavy atom. The van der Waals surface area contributed by atoms with Crippen LogP contribution in [0.3, 0.4) is 0 Å². The number of aromatic amines is 1. The molecule has 0 aliphatic carbocycles. The zero-order valence-electron chi connectivity index (χ0n) is 22.1. The second-order valence-corrected chi connectivity index (χ2v) is 10.5. The summed E-state index contributed by atoms with van der Waals surface area (Å²) in [5.41, 5.74) is -0.661. The SMILES string of the molecule is Cn1nc(O[C@H](c2cc(=O)cc[nH]2)C(F)F)c2cc(-c3cnc(OC(C)(C)C)nc3OC(C)(C)C)nnc21. The highest BCUT2D eigenvalue weighted by Gasteiger charge is 2.29. The Morgan fingerprint density at radius 3 is 2.34 bits per heavy atom. The molecule has 0 spiro atoms. The number of ether oxygens (including phenoxy) is 3. The van der Waals surface area contributed by atoms with Gasteiger partial charge in [0.25, 0.3) is 6.43 Å². The van der Waals surface area contributed by atoms with Gasteiger partial charge >= 0.3 is 6.01 Å². The first-order chi connectivity index (χ1) is 17.7. The first-order valence-electron chi connectivity index (χ1n) is 11.8. The van der Waals surface area contributed by atoms with E-state index in [2.05, 4.69) is 30.2 Å². The van der Waals surface area contributed by atoms with Crippen LogP contribution in [0.5, 0.6) is 17.8 Å². The van der Waals surface area contributed by atoms with Crippen molar-refractivity contribution >= 4 is 11.0 Å². The van der Waals surface area contributed by atoms with E-state index in [1.807, 2.05) is 41.5 Å². The van der Waals surface area contributed by atoms with Crippen LogP contribution in [-0.4, -0.2) is 52.6 Å². The van der Waals surface area contributed by atoms with Crippen LogP contribution in [-0.2, 0) is 7.05 Å². The molecule has 0 amide bonds. The van der Waals surface area contributed by atoms with E-state index in [9.17, 15) is 13.6 Å². The summed E-state index contributed by atoms with van der Waals surface area (Å²) in [6.45, 7) is 11.2. The summed E-state index contributed by atoms with van der Waals surface area (Å²) in [5.74, 6) is 0.0969. The number of nitrogens with zero attached hydrogens (tertiary/aromatic N) is 6. The summed E-state index contributed by atoms with van der Waals surface area (Å²) >= 11 is 0. The van der Waals surface area contributed by atoms with Crippen LogP contribution in [0.4, 0.5) is 8.78 Å². The molecule has 0 saturated carbocycles. The number of fused-ring (bicyclic) bond motifs is 1. The molecule has 0 fully saturated rings. The minimum Gasteiger partial charge on any atom is -0.471 e. The topological polar surface area (TPSA) is 130 Å². The minimum atomic E-state index is -2.95. The third kappa shape index (κ3) is 6.21. The van der Waals surface area contributed by atoms with Gasteiger partial charge in [0.15, 0.2) is 11.1 Å². The third-order valence-corrected chi connectivity index (χ3v) is 4.93. The van der Waals surface area contributed by atoms with Gasteiger partial charge in [0.1, 0.15) is 16.9 Å². The average Bonchev–Trinajstić information content (AvgIpc) is 3.10. The van der Waals surface area contributed by atoms with E-state index in [0.717, 1.165) is 6.07 Å². The maximum absolute atomic E-state index is 14.0. The monoisotopic (exact) mass is 529 g/mol. The van der Waals surface area contributed by atoms with Crippen LogP contribution in [0.15, 0.2) is 35.4 Å². The van der Waals surface area contributed by atoms with E-state index in [1.54, 1.807) is 13.1 Å². The van der Waals surface area contributed by atoms with Gasteiger partial charge in [-0.2, -0.15) is 4.98 Å². The van der Waals surface area contributed by atoms with Crippen molar-refractivity contribution in [2.45, 2.75) is 65.3 Å². The number of halogens is 2. The Hall–Kier alpha value is -4.16. The zero-order chi connectivity index (χ0) is 27.8. The number of alkyl halides is 2. The molecule has 1 atom stereocenters. The van der Waals surface area contributed by atoms with Crippen molar-refractivity contribution in [3.63, 3.8) is 0 Å². The van der Waals surface area contributed by atoms with Crippen molar-refractivity contribution in [2.24, 2.45) is 7.05 Å². The molecule has 0 bridgehead atoms. The lowest BCUT2D eigenvalue weighted by molar-refractivity contribution is 0.00607. The molecule has 4 aromatic rings. The van der Waals surface area contributed by atoms with E-state index in [0.29, 0.717) is 22.3 Å². The molecule has 4 aromatic heterocycles. The predicted molar refractivity (Wildman–Crippen MR) is 135 cm³/mol. The highest BCUT2D eigenvalue weighted by atomic mass is 19.3. The van der Waals surface area contributed by atoms with Crippen molar-refractivity contribution in [3.8, 4) is 29.0 Å². The van der Waals surface area contributed by atoms with Crippen molar-refractivity contribution in [3.05, 3.63) is 46.5 Å². The zero-order valence-corrected chi connectivity index (χ0v) is 22.1. The average molecular weight is 530 g/mol. The Balaban J connectivity index is 1.79. The fourth-order valence-corrected chi connectivity index (χ4v) is 3.45. The van der Waals surface area contributed by atoms with Gasteiger partial charge in [-0.05, 0) is 47.6 Å². The summed E-state index contributed by atoms with van der Waals surface area (Å²) in [6.07, 6.45) is -1.94. The highest BCUT2D eigenvalue weighted by Crippen LogP contribution is 2.35. The summed E-state index contributed by atoms with van der Waals surface area (Å²) in [5, 5.41) is 13.0. The van der Waals surface area contributed by atoms with Gasteiger partial charge in [0.2, 0.25) is 17.9 Å². The lowest BCUT2D eigenvalue weighted by atomic mass is 10.1. The van der Waals surface area contributed by atoms with Crippen LogP contribution in [0, 0.1) is 0 Å². The molecule has 38 heavy (non-hydrogen) atoms. The number of pyridine rings is 1. The highest BCUT2D eigenvalue weighted by molar-refractivity contribution is 5.85. The van der Waals surface area contributed by atoms with Gasteiger partial charge in [0, 0.05) is 31.6 Å². The van der Waals surface area contributed by atoms with Gasteiger partial charge in [-0.3, -0.25) is 4.79 Å². The van der Waals surface area contributed by atoms with Crippen molar-refractivity contribution in [1.82, 2.24) is 34.9 Å². The number of rotatable bonds is 7. The Kier molecular flexibility index (Phi) is 7.04. The normalized spacial score (nSPS) is 13.1. The molecular formula is C25H29F2N7O4. The molecule has 0 radical (unpaired) electrons. The van der Waals surface area contributed by atoms with Crippen LogP contribution >= 0.6 is 0 Å². The van der Waals surface area contributed by atoms with Crippen LogP contribution in [0.1, 0.15) is 53.3 Å². The van der Waals surface area contributed by atoms with Gasteiger partial charge in [0.05, 0.1) is 16.6 Å². The smallest absolute Gasteiger partial charge is 0.320 e. The number of hydrogen-bond acceptors (Lipinski definition) is 9.